The predicted molar refractivity (Wildman–Crippen MR) is 58.1 cm³/mol. The molecule has 1 aromatic carbocycles. The maximum Gasteiger partial charge on any atom is 0.450 e. The molecule has 1 heterocycles. The summed E-state index contributed by atoms with van der Waals surface area (Å²) < 4.78 is 42.5. The molecule has 0 saturated carbocycles. The molecule has 2 rings (SSSR count). The number of ketones is 1. The van der Waals surface area contributed by atoms with E-state index in [0.717, 1.165) is 5.56 Å². The first-order valence-electron chi connectivity index (χ1n) is 4.92. The van der Waals surface area contributed by atoms with Crippen LogP contribution in [0.15, 0.2) is 16.6 Å². The molecule has 6 heteroatoms. The molecule has 17 heavy (non-hydrogen) atoms. The first kappa shape index (κ1) is 12.4. The van der Waals surface area contributed by atoms with Gasteiger partial charge in [0.1, 0.15) is 5.75 Å². The van der Waals surface area contributed by atoms with Crippen molar-refractivity contribution in [3.8, 4) is 5.75 Å². The summed E-state index contributed by atoms with van der Waals surface area (Å²) in [6.07, 6.45) is -4.82. The van der Waals surface area contributed by atoms with Crippen molar-refractivity contribution in [2.75, 3.05) is 6.61 Å². The maximum absolute atomic E-state index is 12.2. The van der Waals surface area contributed by atoms with Crippen LogP contribution in [0.5, 0.6) is 5.75 Å². The van der Waals surface area contributed by atoms with Crippen LogP contribution in [-0.2, 0) is 17.6 Å². The van der Waals surface area contributed by atoms with Crippen LogP contribution in [-0.4, -0.2) is 18.6 Å². The first-order chi connectivity index (χ1) is 7.88. The van der Waals surface area contributed by atoms with E-state index in [9.17, 15) is 18.0 Å². The predicted octanol–water partition coefficient (Wildman–Crippen LogP) is 3.06. The third-order valence-electron chi connectivity index (χ3n) is 2.49. The Labute approximate surface area is 104 Å². The summed E-state index contributed by atoms with van der Waals surface area (Å²) in [7, 11) is 0. The summed E-state index contributed by atoms with van der Waals surface area (Å²) in [6.45, 7) is 0.443. The minimum absolute atomic E-state index is 0.286. The Morgan fingerprint density at radius 1 is 1.41 bits per heavy atom. The van der Waals surface area contributed by atoms with Crippen LogP contribution in [0.3, 0.4) is 0 Å². The monoisotopic (exact) mass is 308 g/mol. The summed E-state index contributed by atoms with van der Waals surface area (Å²) in [5.41, 5.74) is 1.12. The number of rotatable bonds is 2. The number of carbonyl (C=O) groups is 1. The van der Waals surface area contributed by atoms with Gasteiger partial charge in [0.2, 0.25) is 5.78 Å². The number of hydrogen-bond acceptors (Lipinski definition) is 2. The zero-order valence-corrected chi connectivity index (χ0v) is 10.2. The summed E-state index contributed by atoms with van der Waals surface area (Å²) in [4.78, 5) is 10.9. The molecule has 0 atom stereocenters. The molecule has 0 radical (unpaired) electrons. The second-order valence-electron chi connectivity index (χ2n) is 3.75. The molecule has 0 saturated heterocycles. The Balaban J connectivity index is 2.31. The molecule has 0 aliphatic carbocycles. The Kier molecular flexibility index (Phi) is 3.16. The van der Waals surface area contributed by atoms with Crippen LogP contribution in [0.1, 0.15) is 11.1 Å². The molecule has 0 spiro atoms. The van der Waals surface area contributed by atoms with Crippen molar-refractivity contribution in [3.05, 3.63) is 27.7 Å². The molecular weight excluding hydrogens is 301 g/mol. The zero-order chi connectivity index (χ0) is 12.6. The molecule has 0 aromatic heterocycles. The molecule has 1 aromatic rings. The van der Waals surface area contributed by atoms with E-state index < -0.39 is 18.4 Å². The fourth-order valence-corrected chi connectivity index (χ4v) is 2.30. The topological polar surface area (TPSA) is 26.3 Å². The van der Waals surface area contributed by atoms with Crippen molar-refractivity contribution in [1.82, 2.24) is 0 Å². The number of alkyl halides is 3. The minimum Gasteiger partial charge on any atom is -0.493 e. The lowest BCUT2D eigenvalue weighted by atomic mass is 10.0. The number of benzene rings is 1. The van der Waals surface area contributed by atoms with Gasteiger partial charge in [0.05, 0.1) is 6.61 Å². The Bertz CT molecular complexity index is 469. The van der Waals surface area contributed by atoms with Gasteiger partial charge >= 0.3 is 6.18 Å². The Morgan fingerprint density at radius 3 is 2.76 bits per heavy atom. The second-order valence-corrected chi connectivity index (χ2v) is 4.67. The number of hydrogen-bond donors (Lipinski definition) is 0. The van der Waals surface area contributed by atoms with Crippen LogP contribution in [0, 0.1) is 0 Å². The summed E-state index contributed by atoms with van der Waals surface area (Å²) in [5.74, 6) is -1.33. The van der Waals surface area contributed by atoms with E-state index in [2.05, 4.69) is 15.9 Å². The Hall–Kier alpha value is -1.04. The normalized spacial score (nSPS) is 14.4. The molecule has 0 N–H and O–H groups in total. The summed E-state index contributed by atoms with van der Waals surface area (Å²) in [6, 6.07) is 3.29. The van der Waals surface area contributed by atoms with Crippen molar-refractivity contribution in [1.29, 1.82) is 0 Å². The highest BCUT2D eigenvalue weighted by Gasteiger charge is 2.38. The van der Waals surface area contributed by atoms with E-state index >= 15 is 0 Å². The quantitative estimate of drug-likeness (QED) is 0.839. The average molecular weight is 309 g/mol. The van der Waals surface area contributed by atoms with Crippen molar-refractivity contribution in [3.63, 3.8) is 0 Å². The number of fused-ring (bicyclic) bond motifs is 1. The highest BCUT2D eigenvalue weighted by atomic mass is 79.9. The number of Topliss-reactive ketones (excluding diaryl/α,β-unsaturated/α-hetero) is 1. The van der Waals surface area contributed by atoms with Crippen LogP contribution >= 0.6 is 15.9 Å². The van der Waals surface area contributed by atoms with Gasteiger partial charge < -0.3 is 4.74 Å². The van der Waals surface area contributed by atoms with Gasteiger partial charge in [-0.25, -0.2) is 0 Å². The first-order valence-corrected chi connectivity index (χ1v) is 5.71. The minimum atomic E-state index is -4.80. The third kappa shape index (κ3) is 2.62. The largest absolute Gasteiger partial charge is 0.493 e. The van der Waals surface area contributed by atoms with Crippen molar-refractivity contribution >= 4 is 21.7 Å². The van der Waals surface area contributed by atoms with Gasteiger partial charge in [-0.1, -0.05) is 15.9 Å². The molecule has 0 fully saturated rings. The molecule has 0 unspecified atom stereocenters. The van der Waals surface area contributed by atoms with Crippen molar-refractivity contribution in [2.45, 2.75) is 19.0 Å². The van der Waals surface area contributed by atoms with Crippen LogP contribution in [0.25, 0.3) is 0 Å². The zero-order valence-electron chi connectivity index (χ0n) is 8.60. The molecular formula is C11H8BrF3O2. The molecule has 1 aliphatic heterocycles. The average Bonchev–Trinajstić information content (AvgIpc) is 2.63. The fraction of sp³-hybridized carbons (Fsp3) is 0.364. The number of halogens is 4. The van der Waals surface area contributed by atoms with Crippen LogP contribution < -0.4 is 4.74 Å². The van der Waals surface area contributed by atoms with Gasteiger partial charge in [-0.15, -0.1) is 0 Å². The lowest BCUT2D eigenvalue weighted by molar-refractivity contribution is -0.170. The lowest BCUT2D eigenvalue weighted by Crippen LogP contribution is -2.24. The van der Waals surface area contributed by atoms with Gasteiger partial charge in [-0.2, -0.15) is 13.2 Å². The summed E-state index contributed by atoms with van der Waals surface area (Å²) >= 11 is 3.21. The van der Waals surface area contributed by atoms with E-state index in [1.165, 1.54) is 6.07 Å². The Morgan fingerprint density at radius 2 is 2.12 bits per heavy atom. The van der Waals surface area contributed by atoms with E-state index in [4.69, 9.17) is 4.74 Å². The lowest BCUT2D eigenvalue weighted by Gasteiger charge is -2.10. The van der Waals surface area contributed by atoms with E-state index in [1.54, 1.807) is 6.07 Å². The second kappa shape index (κ2) is 4.33. The van der Waals surface area contributed by atoms with Gasteiger partial charge in [0, 0.05) is 22.9 Å². The highest BCUT2D eigenvalue weighted by Crippen LogP contribution is 2.34. The van der Waals surface area contributed by atoms with Gasteiger partial charge in [-0.3, -0.25) is 4.79 Å². The molecule has 92 valence electrons. The van der Waals surface area contributed by atoms with Crippen molar-refractivity contribution in [2.24, 2.45) is 0 Å². The van der Waals surface area contributed by atoms with E-state index in [-0.39, 0.29) is 5.56 Å². The molecule has 0 amide bonds. The smallest absolute Gasteiger partial charge is 0.450 e. The van der Waals surface area contributed by atoms with Crippen LogP contribution in [0.4, 0.5) is 13.2 Å². The molecule has 1 aliphatic rings. The SMILES string of the molecule is O=C(Cc1cc(Br)cc2c1OCC2)C(F)(F)F. The van der Waals surface area contributed by atoms with E-state index in [1.807, 2.05) is 0 Å². The van der Waals surface area contributed by atoms with Crippen molar-refractivity contribution < 1.29 is 22.7 Å². The highest BCUT2D eigenvalue weighted by molar-refractivity contribution is 9.10. The van der Waals surface area contributed by atoms with Gasteiger partial charge in [-0.05, 0) is 17.7 Å². The summed E-state index contributed by atoms with van der Waals surface area (Å²) in [5, 5.41) is 0. The van der Waals surface area contributed by atoms with Gasteiger partial charge in [0.25, 0.3) is 0 Å². The number of ether oxygens (including phenoxy) is 1. The fourth-order valence-electron chi connectivity index (χ4n) is 1.75. The molecule has 0 bridgehead atoms. The standard InChI is InChI=1S/C11H8BrF3O2/c12-8-3-6-1-2-17-10(6)7(4-8)5-9(16)11(13,14)15/h3-4H,1-2,5H2. The third-order valence-corrected chi connectivity index (χ3v) is 2.95. The van der Waals surface area contributed by atoms with Crippen LogP contribution in [0.2, 0.25) is 0 Å². The number of carbonyl (C=O) groups excluding carboxylic acids is 1. The van der Waals surface area contributed by atoms with Gasteiger partial charge in [0.15, 0.2) is 0 Å². The van der Waals surface area contributed by atoms with E-state index in [0.29, 0.717) is 23.2 Å². The molecule has 2 nitrogen and oxygen atoms in total. The maximum atomic E-state index is 12.2.